The van der Waals surface area contributed by atoms with Crippen LogP contribution in [0.3, 0.4) is 0 Å². The number of hydrogen-bond acceptors (Lipinski definition) is 7. The van der Waals surface area contributed by atoms with E-state index in [9.17, 15) is 35.6 Å². The molecule has 8 nitrogen and oxygen atoms in total. The number of nitrogens with zero attached hydrogens (tertiary/aromatic N) is 1. The van der Waals surface area contributed by atoms with Crippen LogP contribution >= 0.6 is 0 Å². The standard InChI is InChI=1S/C20H26F4O7S.C5H5N/c1-12(2)16(26)31-18-8-13-5-14(9-18)7-17(6-13,10-18)11-30-15(25)3-4-19(21,22)20(23,24)32(27,28)29;1-2-4-6-5-3-1/h13-14H,1,3-11H2,2H3,(H,27,28,29);1-5H. The molecule has 1 aromatic rings. The van der Waals surface area contributed by atoms with Gasteiger partial charge in [-0.3, -0.25) is 14.3 Å². The Labute approximate surface area is 218 Å². The van der Waals surface area contributed by atoms with Crippen molar-refractivity contribution in [2.75, 3.05) is 6.61 Å². The van der Waals surface area contributed by atoms with Crippen LogP contribution < -0.4 is 0 Å². The van der Waals surface area contributed by atoms with Crippen molar-refractivity contribution in [1.29, 1.82) is 0 Å². The van der Waals surface area contributed by atoms with E-state index in [1.54, 1.807) is 19.3 Å². The van der Waals surface area contributed by atoms with Crippen LogP contribution in [0, 0.1) is 17.3 Å². The maximum Gasteiger partial charge on any atom is 0.431 e. The second kappa shape index (κ2) is 10.9. The maximum atomic E-state index is 13.6. The summed E-state index contributed by atoms with van der Waals surface area (Å²) in [5.74, 6) is -6.32. The maximum absolute atomic E-state index is 13.6. The van der Waals surface area contributed by atoms with Gasteiger partial charge in [0.15, 0.2) is 0 Å². The second-order valence-corrected chi connectivity index (χ2v) is 12.2. The molecule has 4 fully saturated rings. The zero-order valence-corrected chi connectivity index (χ0v) is 21.7. The van der Waals surface area contributed by atoms with Gasteiger partial charge in [0.05, 0.1) is 13.0 Å². The molecule has 1 N–H and O–H groups in total. The number of esters is 2. The van der Waals surface area contributed by atoms with Gasteiger partial charge in [0.25, 0.3) is 0 Å². The molecule has 13 heteroatoms. The zero-order valence-electron chi connectivity index (χ0n) is 20.9. The van der Waals surface area contributed by atoms with Crippen molar-refractivity contribution < 1.29 is 49.6 Å². The summed E-state index contributed by atoms with van der Waals surface area (Å²) < 4.78 is 94.1. The van der Waals surface area contributed by atoms with Gasteiger partial charge in [-0.25, -0.2) is 4.79 Å². The number of rotatable bonds is 9. The van der Waals surface area contributed by atoms with Gasteiger partial charge >= 0.3 is 33.2 Å². The SMILES string of the molecule is C=C(C)C(=O)OC12CC3CC(CC(COC(=O)CCC(F)(F)C(F)(F)S(=O)(=O)O)(C3)C1)C2.c1ccncc1. The minimum atomic E-state index is -6.36. The summed E-state index contributed by atoms with van der Waals surface area (Å²) in [6.45, 7) is 5.00. The van der Waals surface area contributed by atoms with Crippen LogP contribution in [0.25, 0.3) is 0 Å². The van der Waals surface area contributed by atoms with Gasteiger partial charge in [-0.05, 0) is 69.4 Å². The molecule has 4 aliphatic rings. The first-order valence-electron chi connectivity index (χ1n) is 12.1. The summed E-state index contributed by atoms with van der Waals surface area (Å²) in [6.07, 6.45) is 4.73. The van der Waals surface area contributed by atoms with Crippen molar-refractivity contribution in [1.82, 2.24) is 4.98 Å². The van der Waals surface area contributed by atoms with Crippen molar-refractivity contribution in [2.45, 2.75) is 75.1 Å². The van der Waals surface area contributed by atoms with Crippen LogP contribution in [0.15, 0.2) is 42.7 Å². The molecule has 0 radical (unpaired) electrons. The van der Waals surface area contributed by atoms with E-state index in [0.717, 1.165) is 6.42 Å². The Bertz CT molecular complexity index is 1100. The molecule has 4 bridgehead atoms. The normalized spacial score (nSPS) is 28.2. The fourth-order valence-electron chi connectivity index (χ4n) is 6.15. The van der Waals surface area contributed by atoms with Crippen molar-refractivity contribution in [3.8, 4) is 0 Å². The Morgan fingerprint density at radius 3 is 2.11 bits per heavy atom. The summed E-state index contributed by atoms with van der Waals surface area (Å²) in [5, 5.41) is -5.72. The number of hydrogen-bond donors (Lipinski definition) is 1. The number of alkyl halides is 4. The van der Waals surface area contributed by atoms with E-state index < -0.39 is 57.1 Å². The Morgan fingerprint density at radius 1 is 1.08 bits per heavy atom. The lowest BCUT2D eigenvalue weighted by atomic mass is 9.48. The van der Waals surface area contributed by atoms with Crippen LogP contribution in [-0.2, 0) is 29.2 Å². The monoisotopic (exact) mass is 565 g/mol. The molecular formula is C25H31F4NO7S. The van der Waals surface area contributed by atoms with Gasteiger partial charge < -0.3 is 9.47 Å². The number of halogens is 4. The van der Waals surface area contributed by atoms with Gasteiger partial charge in [-0.1, -0.05) is 12.6 Å². The lowest BCUT2D eigenvalue weighted by Gasteiger charge is -2.60. The summed E-state index contributed by atoms with van der Waals surface area (Å²) in [6, 6.07) is 5.72. The first-order chi connectivity index (χ1) is 17.5. The summed E-state index contributed by atoms with van der Waals surface area (Å²) >= 11 is 0. The molecule has 38 heavy (non-hydrogen) atoms. The summed E-state index contributed by atoms with van der Waals surface area (Å²) in [7, 11) is -6.36. The van der Waals surface area contributed by atoms with Crippen LogP contribution in [0.4, 0.5) is 17.6 Å². The largest absolute Gasteiger partial charge is 0.465 e. The number of carbonyl (C=O) groups is 2. The Morgan fingerprint density at radius 2 is 1.66 bits per heavy atom. The fraction of sp³-hybridized carbons (Fsp3) is 0.640. The molecule has 0 aliphatic heterocycles. The third-order valence-electron chi connectivity index (χ3n) is 7.28. The number of carbonyl (C=O) groups excluding carboxylic acids is 2. The van der Waals surface area contributed by atoms with Gasteiger partial charge in [-0.2, -0.15) is 26.0 Å². The Hall–Kier alpha value is -2.54. The molecule has 212 valence electrons. The number of ether oxygens (including phenoxy) is 2. The average molecular weight is 566 g/mol. The molecule has 0 aromatic carbocycles. The smallest absolute Gasteiger partial charge is 0.431 e. The molecule has 4 aliphatic carbocycles. The van der Waals surface area contributed by atoms with E-state index in [1.807, 2.05) is 18.2 Å². The highest BCUT2D eigenvalue weighted by Gasteiger charge is 2.65. The third-order valence-corrected chi connectivity index (χ3v) is 8.23. The zero-order chi connectivity index (χ0) is 28.4. The topological polar surface area (TPSA) is 120 Å². The van der Waals surface area contributed by atoms with Gasteiger partial charge in [0.1, 0.15) is 5.60 Å². The average Bonchev–Trinajstić information content (AvgIpc) is 2.81. The molecule has 0 spiro atoms. The van der Waals surface area contributed by atoms with E-state index in [-0.39, 0.29) is 24.0 Å². The molecule has 2 unspecified atom stereocenters. The van der Waals surface area contributed by atoms with Crippen molar-refractivity contribution in [3.63, 3.8) is 0 Å². The van der Waals surface area contributed by atoms with Gasteiger partial charge in [0.2, 0.25) is 0 Å². The summed E-state index contributed by atoms with van der Waals surface area (Å²) in [5.41, 5.74) is -0.934. The summed E-state index contributed by atoms with van der Waals surface area (Å²) in [4.78, 5) is 27.9. The van der Waals surface area contributed by atoms with Crippen LogP contribution in [0.1, 0.15) is 58.3 Å². The highest BCUT2D eigenvalue weighted by molar-refractivity contribution is 7.87. The minimum absolute atomic E-state index is 0.133. The minimum Gasteiger partial charge on any atom is -0.465 e. The van der Waals surface area contributed by atoms with E-state index in [1.165, 1.54) is 0 Å². The molecule has 5 rings (SSSR count). The second-order valence-electron chi connectivity index (χ2n) is 10.7. The fourth-order valence-corrected chi connectivity index (χ4v) is 6.63. The number of pyridine rings is 1. The predicted molar refractivity (Wildman–Crippen MR) is 127 cm³/mol. The number of aromatic nitrogens is 1. The van der Waals surface area contributed by atoms with Crippen molar-refractivity contribution in [3.05, 3.63) is 42.7 Å². The molecular weight excluding hydrogens is 534 g/mol. The highest BCUT2D eigenvalue weighted by atomic mass is 32.2. The van der Waals surface area contributed by atoms with Crippen LogP contribution in [-0.4, -0.2) is 53.3 Å². The van der Waals surface area contributed by atoms with E-state index in [0.29, 0.717) is 32.1 Å². The molecule has 0 saturated heterocycles. The predicted octanol–water partition coefficient (Wildman–Crippen LogP) is 4.97. The van der Waals surface area contributed by atoms with Crippen LogP contribution in [0.5, 0.6) is 0 Å². The Balaban J connectivity index is 0.000000585. The molecule has 4 saturated carbocycles. The molecule has 1 aromatic heterocycles. The van der Waals surface area contributed by atoms with Gasteiger partial charge in [-0.15, -0.1) is 0 Å². The molecule has 1 heterocycles. The lowest BCUT2D eigenvalue weighted by molar-refractivity contribution is -0.208. The van der Waals surface area contributed by atoms with Crippen molar-refractivity contribution in [2.24, 2.45) is 17.3 Å². The third kappa shape index (κ3) is 6.71. The van der Waals surface area contributed by atoms with E-state index in [4.69, 9.17) is 14.0 Å². The molecule has 0 amide bonds. The van der Waals surface area contributed by atoms with E-state index in [2.05, 4.69) is 11.6 Å². The lowest BCUT2D eigenvalue weighted by Crippen LogP contribution is -2.58. The first kappa shape index (κ1) is 30.0. The molecule has 2 atom stereocenters. The highest BCUT2D eigenvalue weighted by Crippen LogP contribution is 2.63. The van der Waals surface area contributed by atoms with E-state index >= 15 is 0 Å². The quantitative estimate of drug-likeness (QED) is 0.193. The van der Waals surface area contributed by atoms with Gasteiger partial charge in [0, 0.05) is 29.8 Å². The Kier molecular flexibility index (Phi) is 8.62. The van der Waals surface area contributed by atoms with Crippen molar-refractivity contribution >= 4 is 22.1 Å². The van der Waals surface area contributed by atoms with Crippen LogP contribution in [0.2, 0.25) is 0 Å². The first-order valence-corrected chi connectivity index (χ1v) is 13.6.